The van der Waals surface area contributed by atoms with Crippen LogP contribution in [0.1, 0.15) is 72.6 Å². The standard InChI is InChI=1S/C26H44O8S.Na/c1-15(14-34-35(31,32)33)5-6-16(2)20-12-21(28)23-18-11-22(29)26(30)13-17(27)7-10-25(26,4)19(18)8-9-24(20,23)3;/h5-6,15-23,27-30H,7-14H2,1-4H3,(H,31,32,33);/q;+1/p-1/b6-5+;/t15?,16-,17+,18-,19+,20-,21+,22-,23-,24-,25-,26+;/m1./s1. The number of fused-ring (bicyclic) bond motifs is 5. The minimum absolute atomic E-state index is 0. The molecule has 4 rings (SSSR count). The Kier molecular flexibility index (Phi) is 9.28. The molecule has 4 fully saturated rings. The monoisotopic (exact) mass is 538 g/mol. The average molecular weight is 539 g/mol. The largest absolute Gasteiger partial charge is 1.00 e. The zero-order valence-corrected chi connectivity index (χ0v) is 25.2. The van der Waals surface area contributed by atoms with Crippen LogP contribution in [0, 0.1) is 46.3 Å². The summed E-state index contributed by atoms with van der Waals surface area (Å²) >= 11 is 0. The first kappa shape index (κ1) is 31.0. The smallest absolute Gasteiger partial charge is 0.726 e. The Morgan fingerprint density at radius 3 is 2.39 bits per heavy atom. The molecule has 4 aliphatic carbocycles. The van der Waals surface area contributed by atoms with E-state index in [1.807, 2.05) is 12.2 Å². The Bertz CT molecular complexity index is 929. The van der Waals surface area contributed by atoms with Gasteiger partial charge in [-0.2, -0.15) is 0 Å². The summed E-state index contributed by atoms with van der Waals surface area (Å²) in [4.78, 5) is 0. The van der Waals surface area contributed by atoms with E-state index in [1.54, 1.807) is 6.92 Å². The number of aliphatic hydroxyl groups is 4. The van der Waals surface area contributed by atoms with Gasteiger partial charge >= 0.3 is 29.6 Å². The van der Waals surface area contributed by atoms with Gasteiger partial charge < -0.3 is 25.0 Å². The quantitative estimate of drug-likeness (QED) is 0.151. The molecule has 4 N–H and O–H groups in total. The number of aliphatic hydroxyl groups excluding tert-OH is 3. The normalized spacial score (nSPS) is 48.4. The van der Waals surface area contributed by atoms with Crippen molar-refractivity contribution in [1.29, 1.82) is 0 Å². The molecular weight excluding hydrogens is 495 g/mol. The predicted octanol–water partition coefficient (Wildman–Crippen LogP) is -0.628. The Morgan fingerprint density at radius 1 is 1.08 bits per heavy atom. The van der Waals surface area contributed by atoms with Crippen molar-refractivity contribution in [2.24, 2.45) is 46.3 Å². The van der Waals surface area contributed by atoms with Gasteiger partial charge in [-0.3, -0.25) is 4.18 Å². The van der Waals surface area contributed by atoms with Crippen LogP contribution in [-0.4, -0.2) is 63.9 Å². The fourth-order valence-electron chi connectivity index (χ4n) is 8.94. The van der Waals surface area contributed by atoms with E-state index in [0.29, 0.717) is 25.7 Å². The molecule has 0 aromatic heterocycles. The van der Waals surface area contributed by atoms with Gasteiger partial charge in [0.15, 0.2) is 0 Å². The van der Waals surface area contributed by atoms with Crippen LogP contribution in [0.3, 0.4) is 0 Å². The molecule has 0 radical (unpaired) electrons. The van der Waals surface area contributed by atoms with Crippen molar-refractivity contribution in [2.75, 3.05) is 6.61 Å². The van der Waals surface area contributed by atoms with Crippen LogP contribution < -0.4 is 29.6 Å². The van der Waals surface area contributed by atoms with E-state index in [0.717, 1.165) is 12.8 Å². The van der Waals surface area contributed by atoms with Crippen LogP contribution in [0.15, 0.2) is 12.2 Å². The van der Waals surface area contributed by atoms with Crippen molar-refractivity contribution in [2.45, 2.75) is 96.6 Å². The number of hydrogen-bond donors (Lipinski definition) is 4. The van der Waals surface area contributed by atoms with Gasteiger partial charge in [0.05, 0.1) is 30.5 Å². The fraction of sp³-hybridized carbons (Fsp3) is 0.923. The van der Waals surface area contributed by atoms with Crippen LogP contribution in [0.4, 0.5) is 0 Å². The first-order valence-corrected chi connectivity index (χ1v) is 14.5. The van der Waals surface area contributed by atoms with E-state index in [-0.39, 0.29) is 83.5 Å². The van der Waals surface area contributed by atoms with Crippen molar-refractivity contribution in [3.05, 3.63) is 12.2 Å². The van der Waals surface area contributed by atoms with Crippen molar-refractivity contribution in [3.63, 3.8) is 0 Å². The molecule has 1 unspecified atom stereocenters. The molecule has 4 saturated carbocycles. The summed E-state index contributed by atoms with van der Waals surface area (Å²) in [6, 6.07) is 0. The second-order valence-corrected chi connectivity index (χ2v) is 13.7. The molecule has 0 aromatic rings. The number of allylic oxidation sites excluding steroid dienone is 1. The second-order valence-electron chi connectivity index (χ2n) is 12.7. The number of hydrogen-bond acceptors (Lipinski definition) is 8. The van der Waals surface area contributed by atoms with Gasteiger partial charge in [0.2, 0.25) is 10.4 Å². The SMILES string of the molecule is CC(/C=C/[C@@H](C)[C@H]1C[C@H](O)[C@H]2[C@@H]3C[C@@H](O)[C@@]4(O)C[C@@H](O)CC[C@]4(C)[C@H]3CC[C@@]21C)COS(=O)(=O)[O-].[Na+]. The van der Waals surface area contributed by atoms with E-state index in [1.165, 1.54) is 0 Å². The maximum absolute atomic E-state index is 11.6. The first-order chi connectivity index (χ1) is 16.1. The van der Waals surface area contributed by atoms with E-state index in [4.69, 9.17) is 0 Å². The van der Waals surface area contributed by atoms with E-state index >= 15 is 0 Å². The average Bonchev–Trinajstić information content (AvgIpc) is 3.03. The van der Waals surface area contributed by atoms with E-state index < -0.39 is 39.7 Å². The Labute approximate surface area is 238 Å². The van der Waals surface area contributed by atoms with Gasteiger partial charge in [-0.1, -0.05) is 39.8 Å². The second kappa shape index (κ2) is 10.8. The third-order valence-electron chi connectivity index (χ3n) is 10.7. The van der Waals surface area contributed by atoms with Crippen molar-refractivity contribution in [3.8, 4) is 0 Å². The Balaban J connectivity index is 0.00000361. The molecule has 0 saturated heterocycles. The van der Waals surface area contributed by atoms with E-state index in [2.05, 4.69) is 25.0 Å². The topological polar surface area (TPSA) is 147 Å². The molecule has 10 heteroatoms. The molecule has 0 amide bonds. The van der Waals surface area contributed by atoms with Crippen LogP contribution in [0.2, 0.25) is 0 Å². The first-order valence-electron chi connectivity index (χ1n) is 13.2. The maximum atomic E-state index is 11.6. The number of rotatable bonds is 6. The fourth-order valence-corrected chi connectivity index (χ4v) is 9.32. The van der Waals surface area contributed by atoms with Crippen LogP contribution >= 0.6 is 0 Å². The molecule has 0 spiro atoms. The molecule has 202 valence electrons. The zero-order chi connectivity index (χ0) is 26.0. The van der Waals surface area contributed by atoms with Gasteiger partial charge in [0, 0.05) is 11.8 Å². The molecule has 0 bridgehead atoms. The van der Waals surface area contributed by atoms with Crippen LogP contribution in [0.5, 0.6) is 0 Å². The van der Waals surface area contributed by atoms with Gasteiger partial charge in [-0.15, -0.1) is 0 Å². The zero-order valence-electron chi connectivity index (χ0n) is 22.3. The Morgan fingerprint density at radius 2 is 1.75 bits per heavy atom. The molecular formula is C26H43NaO8S. The molecule has 0 aliphatic heterocycles. The summed E-state index contributed by atoms with van der Waals surface area (Å²) < 4.78 is 36.6. The van der Waals surface area contributed by atoms with Crippen molar-refractivity contribution < 1.29 is 67.1 Å². The minimum Gasteiger partial charge on any atom is -0.726 e. The van der Waals surface area contributed by atoms with Gasteiger partial charge in [-0.25, -0.2) is 8.42 Å². The summed E-state index contributed by atoms with van der Waals surface area (Å²) in [5.74, 6) is 0.432. The van der Waals surface area contributed by atoms with Gasteiger partial charge in [0.25, 0.3) is 0 Å². The molecule has 4 aliphatic rings. The summed E-state index contributed by atoms with van der Waals surface area (Å²) in [7, 11) is -4.71. The van der Waals surface area contributed by atoms with Crippen molar-refractivity contribution >= 4 is 10.4 Å². The molecule has 0 heterocycles. The molecule has 12 atom stereocenters. The van der Waals surface area contributed by atoms with Crippen LogP contribution in [-0.2, 0) is 14.6 Å². The molecule has 36 heavy (non-hydrogen) atoms. The summed E-state index contributed by atoms with van der Waals surface area (Å²) in [5, 5.41) is 44.4. The minimum atomic E-state index is -4.71. The molecule has 0 aromatic carbocycles. The van der Waals surface area contributed by atoms with Gasteiger partial charge in [0.1, 0.15) is 0 Å². The van der Waals surface area contributed by atoms with Crippen molar-refractivity contribution in [1.82, 2.24) is 0 Å². The van der Waals surface area contributed by atoms with Crippen LogP contribution in [0.25, 0.3) is 0 Å². The van der Waals surface area contributed by atoms with Gasteiger partial charge in [-0.05, 0) is 79.4 Å². The Hall–Kier alpha value is 0.450. The molecule has 8 nitrogen and oxygen atoms in total. The predicted molar refractivity (Wildman–Crippen MR) is 129 cm³/mol. The van der Waals surface area contributed by atoms with E-state index in [9.17, 15) is 33.4 Å². The summed E-state index contributed by atoms with van der Waals surface area (Å²) in [5.41, 5.74) is -1.91. The third kappa shape index (κ3) is 5.28. The summed E-state index contributed by atoms with van der Waals surface area (Å²) in [6.07, 6.45) is 6.36. The maximum Gasteiger partial charge on any atom is 1.00 e. The third-order valence-corrected chi connectivity index (χ3v) is 11.2. The summed E-state index contributed by atoms with van der Waals surface area (Å²) in [6.45, 7) is 8.05.